The van der Waals surface area contributed by atoms with E-state index in [4.69, 9.17) is 9.72 Å². The molecule has 1 amide bonds. The summed E-state index contributed by atoms with van der Waals surface area (Å²) >= 11 is 0. The van der Waals surface area contributed by atoms with Crippen molar-refractivity contribution in [2.45, 2.75) is 26.3 Å². The van der Waals surface area contributed by atoms with Gasteiger partial charge in [-0.2, -0.15) is 0 Å². The average molecular weight is 289 g/mol. The lowest BCUT2D eigenvalue weighted by Crippen LogP contribution is -2.39. The Kier molecular flexibility index (Phi) is 4.22. The molecular weight excluding hydrogens is 266 g/mol. The summed E-state index contributed by atoms with van der Waals surface area (Å²) in [6.45, 7) is 5.76. The van der Waals surface area contributed by atoms with Crippen LogP contribution in [0.4, 0.5) is 5.69 Å². The molecule has 0 spiro atoms. The lowest BCUT2D eigenvalue weighted by molar-refractivity contribution is -0.122. The predicted octanol–water partition coefficient (Wildman–Crippen LogP) is 1.46. The fourth-order valence-electron chi connectivity index (χ4n) is 3.00. The van der Waals surface area contributed by atoms with Gasteiger partial charge >= 0.3 is 0 Å². The highest BCUT2D eigenvalue weighted by molar-refractivity contribution is 5.96. The van der Waals surface area contributed by atoms with E-state index in [2.05, 4.69) is 24.9 Å². The molecule has 0 aliphatic carbocycles. The average Bonchev–Trinajstić information content (AvgIpc) is 2.97. The number of nitrogens with zero attached hydrogens (tertiary/aromatic N) is 3. The number of hydrogen-bond donors (Lipinski definition) is 0. The highest BCUT2D eigenvalue weighted by Crippen LogP contribution is 2.27. The Hall–Kier alpha value is -1.46. The molecule has 5 nitrogen and oxygen atoms in total. The molecular formula is C16H23N3O2. The number of fused-ring (bicyclic) bond motifs is 1. The summed E-state index contributed by atoms with van der Waals surface area (Å²) in [5.74, 6) is 0.196. The Bertz CT molecular complexity index is 526. The molecule has 1 aromatic rings. The summed E-state index contributed by atoms with van der Waals surface area (Å²) in [7, 11) is 2.08. The molecule has 1 aromatic heterocycles. The summed E-state index contributed by atoms with van der Waals surface area (Å²) in [5, 5.41) is 0. The lowest BCUT2D eigenvalue weighted by atomic mass is 10.1. The van der Waals surface area contributed by atoms with E-state index in [1.807, 2.05) is 11.0 Å². The van der Waals surface area contributed by atoms with E-state index >= 15 is 0 Å². The molecule has 1 atom stereocenters. The van der Waals surface area contributed by atoms with Crippen molar-refractivity contribution in [3.05, 3.63) is 23.5 Å². The van der Waals surface area contributed by atoms with Gasteiger partial charge in [0.25, 0.3) is 0 Å². The van der Waals surface area contributed by atoms with Gasteiger partial charge in [-0.05, 0) is 32.0 Å². The van der Waals surface area contributed by atoms with Crippen molar-refractivity contribution in [2.75, 3.05) is 38.3 Å². The molecule has 2 aliphatic heterocycles. The molecule has 0 saturated carbocycles. The van der Waals surface area contributed by atoms with E-state index in [1.54, 1.807) is 0 Å². The monoisotopic (exact) mass is 289 g/mol. The lowest BCUT2D eigenvalue weighted by Gasteiger charge is -2.25. The second-order valence-corrected chi connectivity index (χ2v) is 5.91. The molecule has 21 heavy (non-hydrogen) atoms. The van der Waals surface area contributed by atoms with Gasteiger partial charge in [0.15, 0.2) is 0 Å². The summed E-state index contributed by atoms with van der Waals surface area (Å²) in [5.41, 5.74) is 3.08. The van der Waals surface area contributed by atoms with Crippen LogP contribution in [0.1, 0.15) is 24.7 Å². The number of aromatic nitrogens is 1. The number of rotatable bonds is 2. The third kappa shape index (κ3) is 2.94. The van der Waals surface area contributed by atoms with Crippen molar-refractivity contribution in [2.24, 2.45) is 5.92 Å². The SMILES string of the molecule is CCc1ccc2c(n1)CN(C)CCN2C(=O)C1CCOC1. The molecule has 0 bridgehead atoms. The Morgan fingerprint density at radius 3 is 3.00 bits per heavy atom. The third-order valence-corrected chi connectivity index (χ3v) is 4.33. The fourth-order valence-corrected chi connectivity index (χ4v) is 3.00. The number of carbonyl (C=O) groups is 1. The second-order valence-electron chi connectivity index (χ2n) is 5.91. The van der Waals surface area contributed by atoms with Crippen molar-refractivity contribution < 1.29 is 9.53 Å². The number of hydrogen-bond acceptors (Lipinski definition) is 4. The summed E-state index contributed by atoms with van der Waals surface area (Å²) < 4.78 is 5.37. The minimum Gasteiger partial charge on any atom is -0.381 e. The van der Waals surface area contributed by atoms with Gasteiger partial charge < -0.3 is 9.64 Å². The van der Waals surface area contributed by atoms with E-state index in [0.717, 1.165) is 49.6 Å². The molecule has 5 heteroatoms. The molecule has 3 rings (SSSR count). The van der Waals surface area contributed by atoms with Gasteiger partial charge in [0, 0.05) is 31.9 Å². The number of ether oxygens (including phenoxy) is 1. The highest BCUT2D eigenvalue weighted by atomic mass is 16.5. The number of carbonyl (C=O) groups excluding carboxylic acids is 1. The first-order valence-electron chi connectivity index (χ1n) is 7.75. The number of aryl methyl sites for hydroxylation is 1. The molecule has 2 aliphatic rings. The highest BCUT2D eigenvalue weighted by Gasteiger charge is 2.31. The summed E-state index contributed by atoms with van der Waals surface area (Å²) in [6, 6.07) is 4.10. The Morgan fingerprint density at radius 2 is 2.29 bits per heavy atom. The molecule has 1 unspecified atom stereocenters. The van der Waals surface area contributed by atoms with Gasteiger partial charge in [0.05, 0.1) is 23.9 Å². The third-order valence-electron chi connectivity index (χ3n) is 4.33. The fraction of sp³-hybridized carbons (Fsp3) is 0.625. The first-order chi connectivity index (χ1) is 10.2. The molecule has 0 N–H and O–H groups in total. The van der Waals surface area contributed by atoms with Crippen LogP contribution in [0, 0.1) is 5.92 Å². The Balaban J connectivity index is 1.93. The van der Waals surface area contributed by atoms with E-state index in [1.165, 1.54) is 0 Å². The van der Waals surface area contributed by atoms with Crippen LogP contribution < -0.4 is 4.90 Å². The van der Waals surface area contributed by atoms with Crippen LogP contribution >= 0.6 is 0 Å². The minimum absolute atomic E-state index is 0.00658. The molecule has 0 aromatic carbocycles. The van der Waals surface area contributed by atoms with Crippen molar-refractivity contribution in [3.63, 3.8) is 0 Å². The Labute approximate surface area is 125 Å². The van der Waals surface area contributed by atoms with Crippen molar-refractivity contribution >= 4 is 11.6 Å². The normalized spacial score (nSPS) is 23.0. The zero-order valence-electron chi connectivity index (χ0n) is 12.8. The maximum absolute atomic E-state index is 12.8. The van der Waals surface area contributed by atoms with E-state index in [0.29, 0.717) is 13.2 Å². The van der Waals surface area contributed by atoms with E-state index in [9.17, 15) is 4.79 Å². The number of amides is 1. The Morgan fingerprint density at radius 1 is 1.43 bits per heavy atom. The minimum atomic E-state index is 0.00658. The molecule has 1 fully saturated rings. The largest absolute Gasteiger partial charge is 0.381 e. The molecule has 1 saturated heterocycles. The van der Waals surface area contributed by atoms with Crippen molar-refractivity contribution in [3.8, 4) is 0 Å². The summed E-state index contributed by atoms with van der Waals surface area (Å²) in [4.78, 5) is 21.7. The smallest absolute Gasteiger partial charge is 0.232 e. The number of pyridine rings is 1. The molecule has 0 radical (unpaired) electrons. The van der Waals surface area contributed by atoms with Crippen LogP contribution in [0.15, 0.2) is 12.1 Å². The number of likely N-dealkylation sites (N-methyl/N-ethyl adjacent to an activating group) is 1. The zero-order chi connectivity index (χ0) is 14.8. The quantitative estimate of drug-likeness (QED) is 0.827. The zero-order valence-corrected chi connectivity index (χ0v) is 12.8. The maximum Gasteiger partial charge on any atom is 0.232 e. The van der Waals surface area contributed by atoms with Gasteiger partial charge in [-0.15, -0.1) is 0 Å². The predicted molar refractivity (Wildman–Crippen MR) is 81.2 cm³/mol. The number of anilines is 1. The first-order valence-corrected chi connectivity index (χ1v) is 7.75. The first kappa shape index (κ1) is 14.5. The van der Waals surface area contributed by atoms with Gasteiger partial charge in [-0.3, -0.25) is 14.7 Å². The maximum atomic E-state index is 12.8. The molecule has 114 valence electrons. The van der Waals surface area contributed by atoms with Crippen LogP contribution in [0.5, 0.6) is 0 Å². The second kappa shape index (κ2) is 6.12. The molecule has 3 heterocycles. The topological polar surface area (TPSA) is 45.7 Å². The summed E-state index contributed by atoms with van der Waals surface area (Å²) in [6.07, 6.45) is 1.75. The van der Waals surface area contributed by atoms with Gasteiger partial charge in [-0.1, -0.05) is 6.92 Å². The van der Waals surface area contributed by atoms with Crippen LogP contribution in [-0.2, 0) is 22.5 Å². The standard InChI is InChI=1S/C16H23N3O2/c1-3-13-4-5-15-14(17-13)10-18(2)7-8-19(15)16(20)12-6-9-21-11-12/h4-5,12H,3,6-11H2,1-2H3. The van der Waals surface area contributed by atoms with Crippen LogP contribution in [0.2, 0.25) is 0 Å². The van der Waals surface area contributed by atoms with Crippen LogP contribution in [0.25, 0.3) is 0 Å². The van der Waals surface area contributed by atoms with E-state index in [-0.39, 0.29) is 11.8 Å². The van der Waals surface area contributed by atoms with E-state index < -0.39 is 0 Å². The van der Waals surface area contributed by atoms with Gasteiger partial charge in [0.1, 0.15) is 0 Å². The van der Waals surface area contributed by atoms with Gasteiger partial charge in [-0.25, -0.2) is 0 Å². The van der Waals surface area contributed by atoms with Crippen LogP contribution in [0.3, 0.4) is 0 Å². The van der Waals surface area contributed by atoms with Crippen molar-refractivity contribution in [1.29, 1.82) is 0 Å². The van der Waals surface area contributed by atoms with Gasteiger partial charge in [0.2, 0.25) is 5.91 Å². The van der Waals surface area contributed by atoms with Crippen LogP contribution in [-0.4, -0.2) is 49.1 Å². The van der Waals surface area contributed by atoms with Crippen molar-refractivity contribution in [1.82, 2.24) is 9.88 Å².